The van der Waals surface area contributed by atoms with E-state index >= 15 is 0 Å². The van der Waals surface area contributed by atoms with Crippen molar-refractivity contribution in [3.63, 3.8) is 0 Å². The zero-order chi connectivity index (χ0) is 12.3. The number of hydrogen-bond acceptors (Lipinski definition) is 2. The molecule has 1 amide bonds. The van der Waals surface area contributed by atoms with Gasteiger partial charge in [0, 0.05) is 19.6 Å². The van der Waals surface area contributed by atoms with Gasteiger partial charge in [0.05, 0.1) is 0 Å². The highest BCUT2D eigenvalue weighted by atomic mass is 16.2. The number of amides is 1. The number of nitrogens with one attached hydrogen (secondary N) is 1. The van der Waals surface area contributed by atoms with Crippen molar-refractivity contribution in [1.82, 2.24) is 5.32 Å². The molecule has 1 saturated carbocycles. The van der Waals surface area contributed by atoms with Crippen LogP contribution >= 0.6 is 0 Å². The number of rotatable bonds is 8. The first-order chi connectivity index (χ1) is 8.33. The molecule has 0 aliphatic heterocycles. The molecule has 0 aromatic rings. The highest BCUT2D eigenvalue weighted by Gasteiger charge is 2.13. The topological polar surface area (TPSA) is 49.3 Å². The highest BCUT2D eigenvalue weighted by Crippen LogP contribution is 2.27. The number of unbranched alkanes of at least 4 members (excludes halogenated alkanes) is 1. The summed E-state index contributed by atoms with van der Waals surface area (Å²) in [5, 5.41) is 11.5. The van der Waals surface area contributed by atoms with E-state index in [1.165, 1.54) is 38.5 Å². The molecule has 1 aliphatic carbocycles. The SMILES string of the molecule is O=C(CCCC1CCCCC1)NCCCCO. The van der Waals surface area contributed by atoms with Crippen molar-refractivity contribution in [2.24, 2.45) is 5.92 Å². The van der Waals surface area contributed by atoms with E-state index in [0.29, 0.717) is 13.0 Å². The van der Waals surface area contributed by atoms with E-state index in [0.717, 1.165) is 25.2 Å². The Morgan fingerprint density at radius 3 is 2.59 bits per heavy atom. The lowest BCUT2D eigenvalue weighted by molar-refractivity contribution is -0.121. The molecule has 2 N–H and O–H groups in total. The Bertz CT molecular complexity index is 200. The monoisotopic (exact) mass is 241 g/mol. The molecule has 0 atom stereocenters. The third kappa shape index (κ3) is 7.37. The van der Waals surface area contributed by atoms with Crippen LogP contribution in [0, 0.1) is 5.92 Å². The fraction of sp³-hybridized carbons (Fsp3) is 0.929. The second-order valence-electron chi connectivity index (χ2n) is 5.18. The molecule has 3 heteroatoms. The minimum atomic E-state index is 0.179. The maximum Gasteiger partial charge on any atom is 0.219 e. The summed E-state index contributed by atoms with van der Waals surface area (Å²) in [5.74, 6) is 1.06. The maximum absolute atomic E-state index is 11.5. The normalized spacial score (nSPS) is 17.0. The van der Waals surface area contributed by atoms with Crippen LogP contribution in [-0.2, 0) is 4.79 Å². The molecule has 0 saturated heterocycles. The Balaban J connectivity index is 1.92. The summed E-state index contributed by atoms with van der Waals surface area (Å²) in [6.45, 7) is 0.931. The third-order valence-corrected chi connectivity index (χ3v) is 3.65. The van der Waals surface area contributed by atoms with E-state index in [9.17, 15) is 4.79 Å². The van der Waals surface area contributed by atoms with E-state index in [1.807, 2.05) is 0 Å². The van der Waals surface area contributed by atoms with E-state index in [4.69, 9.17) is 5.11 Å². The summed E-state index contributed by atoms with van der Waals surface area (Å²) >= 11 is 0. The first-order valence-corrected chi connectivity index (χ1v) is 7.20. The van der Waals surface area contributed by atoms with Crippen molar-refractivity contribution in [3.05, 3.63) is 0 Å². The van der Waals surface area contributed by atoms with Crippen molar-refractivity contribution in [2.75, 3.05) is 13.2 Å². The molecule has 0 heterocycles. The lowest BCUT2D eigenvalue weighted by atomic mass is 9.86. The van der Waals surface area contributed by atoms with Crippen LogP contribution in [0.3, 0.4) is 0 Å². The molecule has 100 valence electrons. The van der Waals surface area contributed by atoms with Crippen LogP contribution in [0.25, 0.3) is 0 Å². The summed E-state index contributed by atoms with van der Waals surface area (Å²) in [7, 11) is 0. The van der Waals surface area contributed by atoms with Gasteiger partial charge in [-0.1, -0.05) is 32.1 Å². The lowest BCUT2D eigenvalue weighted by Gasteiger charge is -2.21. The average molecular weight is 241 g/mol. The molecule has 0 radical (unpaired) electrons. The number of hydrogen-bond donors (Lipinski definition) is 2. The van der Waals surface area contributed by atoms with Crippen molar-refractivity contribution >= 4 is 5.91 Å². The standard InChI is InChI=1S/C14H27NO2/c16-12-5-4-11-15-14(17)10-6-9-13-7-2-1-3-8-13/h13,16H,1-12H2,(H,15,17). The van der Waals surface area contributed by atoms with E-state index < -0.39 is 0 Å². The molecule has 0 spiro atoms. The number of aliphatic hydroxyl groups is 1. The zero-order valence-corrected chi connectivity index (χ0v) is 10.9. The van der Waals surface area contributed by atoms with E-state index in [-0.39, 0.29) is 12.5 Å². The molecule has 1 rings (SSSR count). The lowest BCUT2D eigenvalue weighted by Crippen LogP contribution is -2.24. The number of carbonyl (C=O) groups is 1. The third-order valence-electron chi connectivity index (χ3n) is 3.65. The Kier molecular flexibility index (Phi) is 8.06. The quantitative estimate of drug-likeness (QED) is 0.642. The fourth-order valence-electron chi connectivity index (χ4n) is 2.58. The summed E-state index contributed by atoms with van der Waals surface area (Å²) < 4.78 is 0. The molecule has 1 aliphatic rings. The molecule has 0 bridgehead atoms. The van der Waals surface area contributed by atoms with E-state index in [1.54, 1.807) is 0 Å². The second-order valence-corrected chi connectivity index (χ2v) is 5.18. The molecule has 0 unspecified atom stereocenters. The Morgan fingerprint density at radius 1 is 1.12 bits per heavy atom. The molecule has 1 fully saturated rings. The highest BCUT2D eigenvalue weighted by molar-refractivity contribution is 5.75. The Labute approximate surface area is 105 Å². The molecular formula is C14H27NO2. The van der Waals surface area contributed by atoms with Gasteiger partial charge in [-0.15, -0.1) is 0 Å². The molecule has 17 heavy (non-hydrogen) atoms. The van der Waals surface area contributed by atoms with Crippen LogP contribution in [0.4, 0.5) is 0 Å². The first kappa shape index (κ1) is 14.5. The predicted octanol–water partition coefficient (Wildman–Crippen LogP) is 2.63. The maximum atomic E-state index is 11.5. The number of aliphatic hydroxyl groups excluding tert-OH is 1. The van der Waals surface area contributed by atoms with Crippen LogP contribution in [-0.4, -0.2) is 24.2 Å². The van der Waals surface area contributed by atoms with Crippen LogP contribution in [0.2, 0.25) is 0 Å². The van der Waals surface area contributed by atoms with Gasteiger partial charge in [-0.05, 0) is 31.6 Å². The Hall–Kier alpha value is -0.570. The van der Waals surface area contributed by atoms with Crippen molar-refractivity contribution < 1.29 is 9.90 Å². The minimum Gasteiger partial charge on any atom is -0.396 e. The van der Waals surface area contributed by atoms with Crippen LogP contribution in [0.5, 0.6) is 0 Å². The van der Waals surface area contributed by atoms with Crippen LogP contribution in [0.15, 0.2) is 0 Å². The predicted molar refractivity (Wildman–Crippen MR) is 69.8 cm³/mol. The van der Waals surface area contributed by atoms with Gasteiger partial charge >= 0.3 is 0 Å². The summed E-state index contributed by atoms with van der Waals surface area (Å²) in [4.78, 5) is 11.5. The van der Waals surface area contributed by atoms with Gasteiger partial charge in [0.1, 0.15) is 0 Å². The molecule has 3 nitrogen and oxygen atoms in total. The largest absolute Gasteiger partial charge is 0.396 e. The van der Waals surface area contributed by atoms with Gasteiger partial charge in [-0.25, -0.2) is 0 Å². The molecule has 0 aromatic heterocycles. The van der Waals surface area contributed by atoms with Gasteiger partial charge in [0.2, 0.25) is 5.91 Å². The average Bonchev–Trinajstić information content (AvgIpc) is 2.36. The summed E-state index contributed by atoms with van der Waals surface area (Å²) in [6.07, 6.45) is 11.5. The second kappa shape index (κ2) is 9.46. The fourth-order valence-corrected chi connectivity index (χ4v) is 2.58. The van der Waals surface area contributed by atoms with Crippen LogP contribution < -0.4 is 5.32 Å². The Morgan fingerprint density at radius 2 is 1.88 bits per heavy atom. The van der Waals surface area contributed by atoms with Gasteiger partial charge < -0.3 is 10.4 Å². The van der Waals surface area contributed by atoms with Crippen molar-refractivity contribution in [2.45, 2.75) is 64.2 Å². The smallest absolute Gasteiger partial charge is 0.219 e. The first-order valence-electron chi connectivity index (χ1n) is 7.20. The molecule has 0 aromatic carbocycles. The van der Waals surface area contributed by atoms with Gasteiger partial charge in [0.15, 0.2) is 0 Å². The van der Waals surface area contributed by atoms with Crippen LogP contribution in [0.1, 0.15) is 64.2 Å². The summed E-state index contributed by atoms with van der Waals surface area (Å²) in [6, 6.07) is 0. The van der Waals surface area contributed by atoms with Gasteiger partial charge in [-0.3, -0.25) is 4.79 Å². The minimum absolute atomic E-state index is 0.179. The van der Waals surface area contributed by atoms with Gasteiger partial charge in [-0.2, -0.15) is 0 Å². The van der Waals surface area contributed by atoms with E-state index in [2.05, 4.69) is 5.32 Å². The van der Waals surface area contributed by atoms with Crippen molar-refractivity contribution in [3.8, 4) is 0 Å². The zero-order valence-electron chi connectivity index (χ0n) is 10.9. The van der Waals surface area contributed by atoms with Crippen molar-refractivity contribution in [1.29, 1.82) is 0 Å². The van der Waals surface area contributed by atoms with Gasteiger partial charge in [0.25, 0.3) is 0 Å². The summed E-state index contributed by atoms with van der Waals surface area (Å²) in [5.41, 5.74) is 0. The number of carbonyl (C=O) groups excluding carboxylic acids is 1. The molecular weight excluding hydrogens is 214 g/mol.